The van der Waals surface area contributed by atoms with Gasteiger partial charge in [0.15, 0.2) is 0 Å². The zero-order valence-electron chi connectivity index (χ0n) is 12.7. The molecule has 0 saturated carbocycles. The second-order valence-electron chi connectivity index (χ2n) is 5.36. The minimum Gasteiger partial charge on any atom is -0.352 e. The molecule has 2 rings (SSSR count). The third-order valence-corrected chi connectivity index (χ3v) is 3.30. The highest BCUT2D eigenvalue weighted by molar-refractivity contribution is 5.92. The molecule has 21 heavy (non-hydrogen) atoms. The Morgan fingerprint density at radius 1 is 1.19 bits per heavy atom. The molecule has 0 spiro atoms. The fourth-order valence-corrected chi connectivity index (χ4v) is 2.19. The largest absolute Gasteiger partial charge is 0.352 e. The van der Waals surface area contributed by atoms with E-state index in [2.05, 4.69) is 15.3 Å². The lowest BCUT2D eigenvalue weighted by atomic mass is 10.2. The lowest BCUT2D eigenvalue weighted by Gasteiger charge is -2.34. The van der Waals surface area contributed by atoms with Crippen molar-refractivity contribution in [1.29, 1.82) is 0 Å². The highest BCUT2D eigenvalue weighted by atomic mass is 16.2. The minimum absolute atomic E-state index is 0.0487. The molecule has 7 nitrogen and oxygen atoms in total. The molecule has 0 atom stereocenters. The monoisotopic (exact) mass is 291 g/mol. The molecule has 1 aliphatic rings. The van der Waals surface area contributed by atoms with Crippen molar-refractivity contribution in [2.45, 2.75) is 26.8 Å². The molecule has 1 aromatic rings. The Labute approximate surface area is 124 Å². The molecule has 114 valence electrons. The first kappa shape index (κ1) is 15.2. The van der Waals surface area contributed by atoms with E-state index in [9.17, 15) is 9.59 Å². The van der Waals surface area contributed by atoms with Crippen LogP contribution in [0.2, 0.25) is 0 Å². The Balaban J connectivity index is 2.02. The molecule has 1 N–H and O–H groups in total. The summed E-state index contributed by atoms with van der Waals surface area (Å²) in [5, 5.41) is 3.08. The van der Waals surface area contributed by atoms with Crippen LogP contribution in [0.3, 0.4) is 0 Å². The van der Waals surface area contributed by atoms with Crippen LogP contribution in [0, 0.1) is 0 Å². The second-order valence-corrected chi connectivity index (χ2v) is 5.36. The lowest BCUT2D eigenvalue weighted by Crippen LogP contribution is -2.50. The van der Waals surface area contributed by atoms with E-state index >= 15 is 0 Å². The Kier molecular flexibility index (Phi) is 4.72. The van der Waals surface area contributed by atoms with Crippen molar-refractivity contribution in [3.8, 4) is 0 Å². The Morgan fingerprint density at radius 3 is 2.38 bits per heavy atom. The number of carbonyl (C=O) groups excluding carboxylic acids is 2. The van der Waals surface area contributed by atoms with Gasteiger partial charge in [0.05, 0.1) is 0 Å². The van der Waals surface area contributed by atoms with Crippen LogP contribution in [-0.2, 0) is 4.79 Å². The van der Waals surface area contributed by atoms with Gasteiger partial charge in [-0.25, -0.2) is 9.97 Å². The van der Waals surface area contributed by atoms with Gasteiger partial charge >= 0.3 is 0 Å². The number of nitrogens with one attached hydrogen (secondary N) is 1. The van der Waals surface area contributed by atoms with Gasteiger partial charge in [-0.05, 0) is 19.9 Å². The molecule has 1 fully saturated rings. The lowest BCUT2D eigenvalue weighted by molar-refractivity contribution is -0.130. The Morgan fingerprint density at radius 2 is 1.81 bits per heavy atom. The van der Waals surface area contributed by atoms with E-state index < -0.39 is 0 Å². The molecule has 0 aromatic carbocycles. The van der Waals surface area contributed by atoms with Crippen molar-refractivity contribution in [3.63, 3.8) is 0 Å². The molecule has 0 unspecified atom stereocenters. The van der Waals surface area contributed by atoms with E-state index in [4.69, 9.17) is 0 Å². The standard InChI is InChI=1S/C14H21N5O2/c1-10(2)16-14-15-5-4-12(17-14)13(21)19-8-6-18(7-9-19)11(3)20/h4-5,10H,6-9H2,1-3H3,(H,15,16,17). The van der Waals surface area contributed by atoms with Crippen LogP contribution in [0.1, 0.15) is 31.3 Å². The number of carbonyl (C=O) groups is 2. The molecule has 0 bridgehead atoms. The highest BCUT2D eigenvalue weighted by Gasteiger charge is 2.24. The van der Waals surface area contributed by atoms with E-state index in [0.717, 1.165) is 0 Å². The van der Waals surface area contributed by atoms with E-state index in [1.54, 1.807) is 29.0 Å². The molecule has 1 aromatic heterocycles. The van der Waals surface area contributed by atoms with Gasteiger partial charge in [0.2, 0.25) is 11.9 Å². The van der Waals surface area contributed by atoms with Crippen molar-refractivity contribution in [1.82, 2.24) is 19.8 Å². The minimum atomic E-state index is -0.118. The van der Waals surface area contributed by atoms with Gasteiger partial charge in [-0.3, -0.25) is 9.59 Å². The molecule has 2 heterocycles. The first-order chi connectivity index (χ1) is 9.97. The molecule has 7 heteroatoms. The van der Waals surface area contributed by atoms with Crippen LogP contribution in [0.4, 0.5) is 5.95 Å². The van der Waals surface area contributed by atoms with Gasteiger partial charge in [-0.2, -0.15) is 0 Å². The molecule has 2 amide bonds. The van der Waals surface area contributed by atoms with E-state index in [-0.39, 0.29) is 17.9 Å². The first-order valence-electron chi connectivity index (χ1n) is 7.11. The van der Waals surface area contributed by atoms with Gasteiger partial charge in [0, 0.05) is 45.3 Å². The van der Waals surface area contributed by atoms with E-state index in [1.807, 2.05) is 13.8 Å². The SMILES string of the molecule is CC(=O)N1CCN(C(=O)c2ccnc(NC(C)C)n2)CC1. The third-order valence-electron chi connectivity index (χ3n) is 3.30. The summed E-state index contributed by atoms with van der Waals surface area (Å²) in [5.41, 5.74) is 0.379. The van der Waals surface area contributed by atoms with Crippen molar-refractivity contribution in [2.24, 2.45) is 0 Å². The topological polar surface area (TPSA) is 78.4 Å². The number of anilines is 1. The van der Waals surface area contributed by atoms with Gasteiger partial charge in [-0.1, -0.05) is 0 Å². The van der Waals surface area contributed by atoms with Crippen LogP contribution >= 0.6 is 0 Å². The van der Waals surface area contributed by atoms with Crippen LogP contribution in [0.15, 0.2) is 12.3 Å². The summed E-state index contributed by atoms with van der Waals surface area (Å²) in [6.45, 7) is 7.74. The van der Waals surface area contributed by atoms with E-state index in [1.165, 1.54) is 0 Å². The fraction of sp³-hybridized carbons (Fsp3) is 0.571. The highest BCUT2D eigenvalue weighted by Crippen LogP contribution is 2.09. The van der Waals surface area contributed by atoms with Crippen molar-refractivity contribution in [2.75, 3.05) is 31.5 Å². The van der Waals surface area contributed by atoms with Gasteiger partial charge in [0.1, 0.15) is 5.69 Å². The fourth-order valence-electron chi connectivity index (χ4n) is 2.19. The van der Waals surface area contributed by atoms with Gasteiger partial charge < -0.3 is 15.1 Å². The number of rotatable bonds is 3. The van der Waals surface area contributed by atoms with Crippen LogP contribution in [0.25, 0.3) is 0 Å². The third kappa shape index (κ3) is 3.90. The molecular weight excluding hydrogens is 270 g/mol. The number of amides is 2. The zero-order chi connectivity index (χ0) is 15.4. The number of nitrogens with zero attached hydrogens (tertiary/aromatic N) is 4. The molecular formula is C14H21N5O2. The van der Waals surface area contributed by atoms with Crippen molar-refractivity contribution in [3.05, 3.63) is 18.0 Å². The molecule has 0 aliphatic carbocycles. The summed E-state index contributed by atoms with van der Waals surface area (Å²) >= 11 is 0. The van der Waals surface area contributed by atoms with Crippen LogP contribution in [-0.4, -0.2) is 63.8 Å². The number of aromatic nitrogens is 2. The first-order valence-corrected chi connectivity index (χ1v) is 7.11. The number of hydrogen-bond acceptors (Lipinski definition) is 5. The summed E-state index contributed by atoms with van der Waals surface area (Å²) in [4.78, 5) is 35.5. The van der Waals surface area contributed by atoms with Gasteiger partial charge in [0.25, 0.3) is 5.91 Å². The Bertz CT molecular complexity index is 524. The quantitative estimate of drug-likeness (QED) is 0.882. The number of piperazine rings is 1. The van der Waals surface area contributed by atoms with Crippen molar-refractivity contribution < 1.29 is 9.59 Å². The van der Waals surface area contributed by atoms with Crippen molar-refractivity contribution >= 4 is 17.8 Å². The predicted molar refractivity (Wildman–Crippen MR) is 78.9 cm³/mol. The second kappa shape index (κ2) is 6.51. The maximum Gasteiger partial charge on any atom is 0.272 e. The Hall–Kier alpha value is -2.18. The maximum absolute atomic E-state index is 12.4. The zero-order valence-corrected chi connectivity index (χ0v) is 12.7. The summed E-state index contributed by atoms with van der Waals surface area (Å²) < 4.78 is 0. The average Bonchev–Trinajstić information content (AvgIpc) is 2.46. The predicted octanol–water partition coefficient (Wildman–Crippen LogP) is 0.601. The summed E-state index contributed by atoms with van der Waals surface area (Å²) in [6, 6.07) is 1.82. The van der Waals surface area contributed by atoms with Crippen LogP contribution in [0.5, 0.6) is 0 Å². The summed E-state index contributed by atoms with van der Waals surface area (Å²) in [6.07, 6.45) is 1.58. The van der Waals surface area contributed by atoms with E-state index in [0.29, 0.717) is 37.8 Å². The van der Waals surface area contributed by atoms with Crippen LogP contribution < -0.4 is 5.32 Å². The summed E-state index contributed by atoms with van der Waals surface area (Å²) in [5.74, 6) is 0.387. The smallest absolute Gasteiger partial charge is 0.272 e. The molecule has 1 aliphatic heterocycles. The average molecular weight is 291 g/mol. The number of hydrogen-bond donors (Lipinski definition) is 1. The normalized spacial score (nSPS) is 15.2. The summed E-state index contributed by atoms with van der Waals surface area (Å²) in [7, 11) is 0. The maximum atomic E-state index is 12.4. The molecule has 1 saturated heterocycles. The molecule has 0 radical (unpaired) electrons. The van der Waals surface area contributed by atoms with Gasteiger partial charge in [-0.15, -0.1) is 0 Å².